The van der Waals surface area contributed by atoms with E-state index in [0.717, 1.165) is 62.5 Å². The molecule has 1 aromatic carbocycles. The summed E-state index contributed by atoms with van der Waals surface area (Å²) in [6.07, 6.45) is 5.38. The Hall–Kier alpha value is -2.60. The lowest BCUT2D eigenvalue weighted by atomic mass is 9.61. The molecule has 2 aliphatic carbocycles. The molecule has 170 valence electrons. The summed E-state index contributed by atoms with van der Waals surface area (Å²) in [5, 5.41) is 0. The number of ketones is 1. The molecule has 4 unspecified atom stereocenters. The van der Waals surface area contributed by atoms with Crippen molar-refractivity contribution in [2.45, 2.75) is 32.8 Å². The largest absolute Gasteiger partial charge is 0.497 e. The Morgan fingerprint density at radius 1 is 1.12 bits per heavy atom. The Morgan fingerprint density at radius 3 is 2.53 bits per heavy atom. The molecule has 1 aromatic rings. The molecule has 0 spiro atoms. The third-order valence-electron chi connectivity index (χ3n) is 7.99. The quantitative estimate of drug-likeness (QED) is 0.676. The fraction of sp³-hybridized carbons (Fsp3) is 0.538. The van der Waals surface area contributed by atoms with Crippen LogP contribution in [0.2, 0.25) is 0 Å². The van der Waals surface area contributed by atoms with Crippen molar-refractivity contribution in [2.75, 3.05) is 44.7 Å². The Morgan fingerprint density at radius 2 is 1.84 bits per heavy atom. The van der Waals surface area contributed by atoms with E-state index in [1.165, 1.54) is 5.69 Å². The number of anilines is 1. The first kappa shape index (κ1) is 21.3. The second kappa shape index (κ2) is 8.07. The molecule has 2 aliphatic heterocycles. The van der Waals surface area contributed by atoms with Crippen molar-refractivity contribution in [3.63, 3.8) is 0 Å². The van der Waals surface area contributed by atoms with Crippen LogP contribution >= 0.6 is 0 Å². The summed E-state index contributed by atoms with van der Waals surface area (Å²) in [5.41, 5.74) is 2.85. The van der Waals surface area contributed by atoms with Crippen molar-refractivity contribution in [1.29, 1.82) is 0 Å². The summed E-state index contributed by atoms with van der Waals surface area (Å²) < 4.78 is 11.2. The van der Waals surface area contributed by atoms with Gasteiger partial charge < -0.3 is 14.4 Å². The number of carbonyl (C=O) groups excluding carboxylic acids is 2. The van der Waals surface area contributed by atoms with Gasteiger partial charge in [0.25, 0.3) is 0 Å². The first-order valence-electron chi connectivity index (χ1n) is 11.7. The van der Waals surface area contributed by atoms with Crippen molar-refractivity contribution < 1.29 is 19.1 Å². The number of allylic oxidation sites excluding steroid dienone is 3. The summed E-state index contributed by atoms with van der Waals surface area (Å²) in [5.74, 6) is 0.875. The minimum absolute atomic E-state index is 0.0484. The molecule has 0 aromatic heterocycles. The average molecular weight is 437 g/mol. The van der Waals surface area contributed by atoms with Gasteiger partial charge in [-0.2, -0.15) is 0 Å². The van der Waals surface area contributed by atoms with Gasteiger partial charge in [0, 0.05) is 55.3 Å². The second-order valence-corrected chi connectivity index (χ2v) is 9.81. The van der Waals surface area contributed by atoms with Gasteiger partial charge in [0.2, 0.25) is 0 Å². The Balaban J connectivity index is 1.25. The molecule has 6 heteroatoms. The van der Waals surface area contributed by atoms with Gasteiger partial charge in [-0.25, -0.2) is 0 Å². The van der Waals surface area contributed by atoms with Crippen molar-refractivity contribution >= 4 is 17.4 Å². The lowest BCUT2D eigenvalue weighted by molar-refractivity contribution is -0.144. The fourth-order valence-corrected chi connectivity index (χ4v) is 6.04. The predicted octanol–water partition coefficient (Wildman–Crippen LogP) is 3.23. The van der Waals surface area contributed by atoms with Crippen LogP contribution in [0.25, 0.3) is 0 Å². The summed E-state index contributed by atoms with van der Waals surface area (Å²) in [6, 6.07) is 8.19. The molecule has 4 aliphatic rings. The normalized spacial score (nSPS) is 32.6. The van der Waals surface area contributed by atoms with Gasteiger partial charge in [-0.15, -0.1) is 0 Å². The first-order valence-corrected chi connectivity index (χ1v) is 11.7. The molecule has 2 saturated heterocycles. The van der Waals surface area contributed by atoms with E-state index in [-0.39, 0.29) is 35.1 Å². The molecule has 3 fully saturated rings. The van der Waals surface area contributed by atoms with Crippen LogP contribution in [0.15, 0.2) is 47.6 Å². The maximum Gasteiger partial charge on any atom is 0.311 e. The fourth-order valence-electron chi connectivity index (χ4n) is 6.04. The third-order valence-corrected chi connectivity index (χ3v) is 7.99. The maximum atomic E-state index is 12.9. The lowest BCUT2D eigenvalue weighted by Gasteiger charge is -2.43. The molecular weight excluding hydrogens is 404 g/mol. The maximum absolute atomic E-state index is 12.9. The third kappa shape index (κ3) is 3.54. The molecular formula is C26H32N2O4. The summed E-state index contributed by atoms with van der Waals surface area (Å²) >= 11 is 0. The van der Waals surface area contributed by atoms with Gasteiger partial charge in [0.15, 0.2) is 5.78 Å². The number of esters is 1. The highest BCUT2D eigenvalue weighted by Gasteiger charge is 2.54. The number of hydrogen-bond donors (Lipinski definition) is 0. The second-order valence-electron chi connectivity index (χ2n) is 9.81. The van der Waals surface area contributed by atoms with E-state index >= 15 is 0 Å². The van der Waals surface area contributed by atoms with E-state index in [4.69, 9.17) is 9.47 Å². The van der Waals surface area contributed by atoms with Crippen LogP contribution in [0.5, 0.6) is 5.75 Å². The number of piperazine rings is 1. The number of fused-ring (bicyclic) bond motifs is 3. The summed E-state index contributed by atoms with van der Waals surface area (Å²) in [7, 11) is 1.68. The number of methoxy groups -OCH3 is 1. The minimum Gasteiger partial charge on any atom is -0.497 e. The summed E-state index contributed by atoms with van der Waals surface area (Å²) in [4.78, 5) is 30.0. The van der Waals surface area contributed by atoms with Crippen LogP contribution in [0.1, 0.15) is 26.7 Å². The molecule has 0 amide bonds. The topological polar surface area (TPSA) is 59.1 Å². The van der Waals surface area contributed by atoms with Gasteiger partial charge in [-0.05, 0) is 55.7 Å². The lowest BCUT2D eigenvalue weighted by Crippen LogP contribution is -2.49. The van der Waals surface area contributed by atoms with E-state index in [2.05, 4.69) is 28.9 Å². The predicted molar refractivity (Wildman–Crippen MR) is 123 cm³/mol. The monoisotopic (exact) mass is 436 g/mol. The molecule has 1 saturated carbocycles. The Kier molecular flexibility index (Phi) is 5.36. The SMILES string of the molecule is COc1ccc(N2CCN(CC3C(=O)OC4C5=C(C)C(=O)C=CC5(C)CCC34)CC2)cc1. The van der Waals surface area contributed by atoms with Crippen LogP contribution in [0.4, 0.5) is 5.69 Å². The van der Waals surface area contributed by atoms with Gasteiger partial charge in [-0.1, -0.05) is 13.0 Å². The van der Waals surface area contributed by atoms with Crippen LogP contribution in [-0.2, 0) is 14.3 Å². The van der Waals surface area contributed by atoms with Gasteiger partial charge in [-0.3, -0.25) is 14.5 Å². The van der Waals surface area contributed by atoms with Gasteiger partial charge >= 0.3 is 5.97 Å². The van der Waals surface area contributed by atoms with Crippen molar-refractivity contribution in [2.24, 2.45) is 17.3 Å². The van der Waals surface area contributed by atoms with Gasteiger partial charge in [0.05, 0.1) is 13.0 Å². The van der Waals surface area contributed by atoms with E-state index in [9.17, 15) is 9.59 Å². The number of rotatable bonds is 4. The number of nitrogens with zero attached hydrogens (tertiary/aromatic N) is 2. The highest BCUT2D eigenvalue weighted by Crippen LogP contribution is 2.53. The minimum atomic E-state index is -0.249. The van der Waals surface area contributed by atoms with Crippen molar-refractivity contribution in [3.05, 3.63) is 47.6 Å². The molecule has 5 rings (SSSR count). The van der Waals surface area contributed by atoms with Crippen LogP contribution in [0.3, 0.4) is 0 Å². The zero-order valence-electron chi connectivity index (χ0n) is 19.2. The molecule has 0 radical (unpaired) electrons. The Labute approximate surface area is 189 Å². The molecule has 0 bridgehead atoms. The zero-order valence-corrected chi connectivity index (χ0v) is 19.2. The van der Waals surface area contributed by atoms with E-state index in [1.54, 1.807) is 13.2 Å². The Bertz CT molecular complexity index is 974. The molecule has 2 heterocycles. The molecule has 4 atom stereocenters. The molecule has 0 N–H and O–H groups in total. The first-order chi connectivity index (χ1) is 15.4. The number of ether oxygens (including phenoxy) is 2. The number of benzene rings is 1. The van der Waals surface area contributed by atoms with E-state index < -0.39 is 0 Å². The highest BCUT2D eigenvalue weighted by molar-refractivity contribution is 6.05. The van der Waals surface area contributed by atoms with E-state index in [1.807, 2.05) is 25.1 Å². The van der Waals surface area contributed by atoms with Crippen molar-refractivity contribution in [1.82, 2.24) is 4.90 Å². The average Bonchev–Trinajstić information content (AvgIpc) is 3.11. The zero-order chi connectivity index (χ0) is 22.5. The highest BCUT2D eigenvalue weighted by atomic mass is 16.6. The summed E-state index contributed by atoms with van der Waals surface area (Å²) in [6.45, 7) is 8.52. The smallest absolute Gasteiger partial charge is 0.311 e. The van der Waals surface area contributed by atoms with Crippen molar-refractivity contribution in [3.8, 4) is 5.75 Å². The number of carbonyl (C=O) groups is 2. The van der Waals surface area contributed by atoms with E-state index in [0.29, 0.717) is 0 Å². The van der Waals surface area contributed by atoms with Gasteiger partial charge in [0.1, 0.15) is 11.9 Å². The van der Waals surface area contributed by atoms with Crippen LogP contribution in [-0.4, -0.2) is 62.6 Å². The van der Waals surface area contributed by atoms with Crippen LogP contribution < -0.4 is 9.64 Å². The molecule has 32 heavy (non-hydrogen) atoms. The van der Waals surface area contributed by atoms with Crippen LogP contribution in [0, 0.1) is 17.3 Å². The molecule has 6 nitrogen and oxygen atoms in total. The standard InChI is InChI=1S/C26H32N2O4/c1-17-22(29)9-11-26(2)10-8-20-21(25(30)32-24(20)23(17)26)16-27-12-14-28(15-13-27)18-4-6-19(31-3)7-5-18/h4-7,9,11,20-21,24H,8,10,12-16H2,1-3H3. The number of hydrogen-bond acceptors (Lipinski definition) is 6.